The summed E-state index contributed by atoms with van der Waals surface area (Å²) in [5.74, 6) is 0. The van der Waals surface area contributed by atoms with Crippen LogP contribution in [0.3, 0.4) is 0 Å². The summed E-state index contributed by atoms with van der Waals surface area (Å²) in [6, 6.07) is 93.0. The fraction of sp³-hybridized carbons (Fsp3) is 0. The minimum Gasteiger partial charge on any atom is -0.309 e. The van der Waals surface area contributed by atoms with Crippen molar-refractivity contribution in [3.05, 3.63) is 249 Å². The van der Waals surface area contributed by atoms with E-state index in [4.69, 9.17) is 0 Å². The summed E-state index contributed by atoms with van der Waals surface area (Å²) in [6.45, 7) is 0. The largest absolute Gasteiger partial charge is 0.309 e. The van der Waals surface area contributed by atoms with Crippen LogP contribution in [0, 0.1) is 0 Å². The Morgan fingerprint density at radius 1 is 0.203 bits per heavy atom. The Kier molecular flexibility index (Phi) is 8.13. The third-order valence-corrected chi connectivity index (χ3v) is 15.0. The Morgan fingerprint density at radius 2 is 0.565 bits per heavy atom. The molecule has 1 aromatic heterocycles. The molecular formula is C68H41N. The molecule has 0 saturated heterocycles. The molecule has 0 radical (unpaired) electrons. The van der Waals surface area contributed by atoms with Crippen molar-refractivity contribution in [2.24, 2.45) is 0 Å². The molecule has 1 heterocycles. The molecule has 1 nitrogen and oxygen atoms in total. The molecule has 0 fully saturated rings. The molecule has 0 N–H and O–H groups in total. The number of aromatic nitrogens is 1. The van der Waals surface area contributed by atoms with E-state index in [1.807, 2.05) is 0 Å². The van der Waals surface area contributed by atoms with Gasteiger partial charge < -0.3 is 4.57 Å². The summed E-state index contributed by atoms with van der Waals surface area (Å²) in [5, 5.41) is 22.7. The molecule has 0 bridgehead atoms. The van der Waals surface area contributed by atoms with Crippen molar-refractivity contribution in [2.45, 2.75) is 0 Å². The van der Waals surface area contributed by atoms with E-state index in [-0.39, 0.29) is 0 Å². The smallest absolute Gasteiger partial charge is 0.0547 e. The summed E-state index contributed by atoms with van der Waals surface area (Å²) in [5.41, 5.74) is 10.9. The van der Waals surface area contributed by atoms with Crippen LogP contribution in [0.5, 0.6) is 0 Å². The highest BCUT2D eigenvalue weighted by Gasteiger charge is 2.21. The van der Waals surface area contributed by atoms with Gasteiger partial charge in [0, 0.05) is 16.5 Å². The van der Waals surface area contributed by atoms with Crippen molar-refractivity contribution in [1.82, 2.24) is 4.57 Å². The zero-order valence-corrected chi connectivity index (χ0v) is 37.6. The summed E-state index contributed by atoms with van der Waals surface area (Å²) >= 11 is 0. The highest BCUT2D eigenvalue weighted by Crippen LogP contribution is 2.47. The van der Waals surface area contributed by atoms with Gasteiger partial charge in [0.05, 0.1) is 11.0 Å². The van der Waals surface area contributed by atoms with Gasteiger partial charge in [-0.2, -0.15) is 0 Å². The van der Waals surface area contributed by atoms with Crippen molar-refractivity contribution in [2.75, 3.05) is 0 Å². The van der Waals surface area contributed by atoms with E-state index in [0.29, 0.717) is 0 Å². The van der Waals surface area contributed by atoms with Crippen molar-refractivity contribution in [1.29, 1.82) is 0 Å². The monoisotopic (exact) mass is 871 g/mol. The fourth-order valence-electron chi connectivity index (χ4n) is 11.8. The van der Waals surface area contributed by atoms with E-state index >= 15 is 0 Å². The Morgan fingerprint density at radius 3 is 1.12 bits per heavy atom. The van der Waals surface area contributed by atoms with E-state index in [9.17, 15) is 0 Å². The second-order valence-corrected chi connectivity index (χ2v) is 18.8. The molecule has 0 aliphatic carbocycles. The molecule has 318 valence electrons. The number of fused-ring (bicyclic) bond motifs is 13. The Hall–Kier alpha value is -9.04. The van der Waals surface area contributed by atoms with Gasteiger partial charge in [0.25, 0.3) is 0 Å². The molecular weight excluding hydrogens is 831 g/mol. The molecule has 15 rings (SSSR count). The first-order valence-electron chi connectivity index (χ1n) is 24.0. The molecule has 69 heavy (non-hydrogen) atoms. The lowest BCUT2D eigenvalue weighted by Gasteiger charge is -2.19. The number of hydrogen-bond donors (Lipinski definition) is 0. The Labute approximate surface area is 398 Å². The number of benzene rings is 14. The molecule has 0 atom stereocenters. The van der Waals surface area contributed by atoms with Crippen LogP contribution >= 0.6 is 0 Å². The number of rotatable bonds is 4. The van der Waals surface area contributed by atoms with Gasteiger partial charge in [0.15, 0.2) is 0 Å². The van der Waals surface area contributed by atoms with Gasteiger partial charge in [-0.1, -0.05) is 182 Å². The molecule has 0 unspecified atom stereocenters. The zero-order chi connectivity index (χ0) is 45.2. The molecule has 0 spiro atoms. The van der Waals surface area contributed by atoms with Gasteiger partial charge >= 0.3 is 0 Å². The second-order valence-electron chi connectivity index (χ2n) is 18.8. The Bertz CT molecular complexity index is 4550. The molecule has 0 aliphatic heterocycles. The van der Waals surface area contributed by atoms with E-state index < -0.39 is 0 Å². The van der Waals surface area contributed by atoms with Crippen LogP contribution < -0.4 is 0 Å². The molecule has 1 heteroatoms. The topological polar surface area (TPSA) is 4.93 Å². The average Bonchev–Trinajstić information content (AvgIpc) is 3.76. The lowest BCUT2D eigenvalue weighted by Crippen LogP contribution is -1.95. The maximum Gasteiger partial charge on any atom is 0.0547 e. The third kappa shape index (κ3) is 5.84. The van der Waals surface area contributed by atoms with E-state index in [2.05, 4.69) is 253 Å². The van der Waals surface area contributed by atoms with Crippen LogP contribution in [0.25, 0.3) is 147 Å². The summed E-state index contributed by atoms with van der Waals surface area (Å²) < 4.78 is 2.47. The zero-order valence-electron chi connectivity index (χ0n) is 37.6. The van der Waals surface area contributed by atoms with E-state index in [1.165, 1.54) is 141 Å². The first kappa shape index (κ1) is 38.1. The highest BCUT2D eigenvalue weighted by molar-refractivity contribution is 6.29. The standard InChI is InChI=1S/C68H41N/c1-3-15-47-37-54-39-49(21-22-50(54)35-45(47)13-1)52-27-32-61-62(41-52)66(53-24-23-51-36-46-14-2-4-16-48(46)38-55(51)40-53)60-20-10-9-19-59(60)65(61)44-25-30-56(31-26-44)69-63-33-28-42-11-5-7-17-57(42)67(63)68-58-18-8-6-12-43(58)29-34-64(68)69/h1-41H. The predicted octanol–water partition coefficient (Wildman–Crippen LogP) is 19.0. The summed E-state index contributed by atoms with van der Waals surface area (Å²) in [7, 11) is 0. The molecule has 0 amide bonds. The van der Waals surface area contributed by atoms with Crippen molar-refractivity contribution in [3.8, 4) is 39.1 Å². The maximum absolute atomic E-state index is 2.47. The lowest BCUT2D eigenvalue weighted by molar-refractivity contribution is 1.18. The van der Waals surface area contributed by atoms with Crippen LogP contribution in [0.4, 0.5) is 0 Å². The van der Waals surface area contributed by atoms with Crippen molar-refractivity contribution >= 4 is 108 Å². The van der Waals surface area contributed by atoms with Gasteiger partial charge in [0.2, 0.25) is 0 Å². The first-order valence-corrected chi connectivity index (χ1v) is 24.0. The van der Waals surface area contributed by atoms with Gasteiger partial charge in [-0.15, -0.1) is 0 Å². The van der Waals surface area contributed by atoms with Gasteiger partial charge in [0.1, 0.15) is 0 Å². The van der Waals surface area contributed by atoms with Crippen LogP contribution in [-0.2, 0) is 0 Å². The Balaban J connectivity index is 0.962. The number of nitrogens with zero attached hydrogens (tertiary/aromatic N) is 1. The molecule has 15 aromatic rings. The highest BCUT2D eigenvalue weighted by atomic mass is 15.0. The van der Waals surface area contributed by atoms with E-state index in [1.54, 1.807) is 0 Å². The minimum atomic E-state index is 1.14. The molecule has 0 aliphatic rings. The SMILES string of the molecule is c1ccc2cc3cc(-c4ccc5c(-c6ccc(-n7c8ccc9ccccc9c8c8c9ccccc9ccc87)cc6)c6ccccc6c(-c6ccc7cc8ccccc8cc7c6)c5c4)ccc3cc2c1. The fourth-order valence-corrected chi connectivity index (χ4v) is 11.8. The third-order valence-electron chi connectivity index (χ3n) is 15.0. The second kappa shape index (κ2) is 14.7. The minimum absolute atomic E-state index is 1.14. The maximum atomic E-state index is 2.47. The average molecular weight is 872 g/mol. The van der Waals surface area contributed by atoms with Crippen molar-refractivity contribution in [3.63, 3.8) is 0 Å². The van der Waals surface area contributed by atoms with Crippen molar-refractivity contribution < 1.29 is 0 Å². The summed E-state index contributed by atoms with van der Waals surface area (Å²) in [6.07, 6.45) is 0. The van der Waals surface area contributed by atoms with Crippen LogP contribution in [-0.4, -0.2) is 4.57 Å². The molecule has 14 aromatic carbocycles. The first-order chi connectivity index (χ1) is 34.2. The molecule has 0 saturated carbocycles. The van der Waals surface area contributed by atoms with E-state index in [0.717, 1.165) is 5.69 Å². The predicted molar refractivity (Wildman–Crippen MR) is 297 cm³/mol. The van der Waals surface area contributed by atoms with Crippen LogP contribution in [0.2, 0.25) is 0 Å². The van der Waals surface area contributed by atoms with Gasteiger partial charge in [-0.3, -0.25) is 0 Å². The van der Waals surface area contributed by atoms with Crippen LogP contribution in [0.1, 0.15) is 0 Å². The normalized spacial score (nSPS) is 12.1. The van der Waals surface area contributed by atoms with Crippen LogP contribution in [0.15, 0.2) is 249 Å². The number of hydrogen-bond acceptors (Lipinski definition) is 0. The van der Waals surface area contributed by atoms with Gasteiger partial charge in [-0.05, 0) is 186 Å². The van der Waals surface area contributed by atoms with Gasteiger partial charge in [-0.25, -0.2) is 0 Å². The summed E-state index contributed by atoms with van der Waals surface area (Å²) in [4.78, 5) is 0. The lowest BCUT2D eigenvalue weighted by atomic mass is 9.84. The quantitative estimate of drug-likeness (QED) is 0.155.